The van der Waals surface area contributed by atoms with Crippen molar-refractivity contribution in [1.82, 2.24) is 4.98 Å². The summed E-state index contributed by atoms with van der Waals surface area (Å²) in [5.74, 6) is 0. The Hall–Kier alpha value is -0.870. The van der Waals surface area contributed by atoms with E-state index in [0.29, 0.717) is 6.04 Å². The summed E-state index contributed by atoms with van der Waals surface area (Å²) < 4.78 is 1.01. The number of nitrogens with zero attached hydrogens (tertiary/aromatic N) is 1. The van der Waals surface area contributed by atoms with Crippen LogP contribution in [0.1, 0.15) is 30.7 Å². The molecule has 0 bridgehead atoms. The number of thiophene rings is 1. The van der Waals surface area contributed by atoms with E-state index in [-0.39, 0.29) is 0 Å². The van der Waals surface area contributed by atoms with Crippen LogP contribution in [0.2, 0.25) is 0 Å². The molecule has 0 spiro atoms. The summed E-state index contributed by atoms with van der Waals surface area (Å²) in [5, 5.41) is 5.70. The molecule has 0 saturated heterocycles. The monoisotopic (exact) mass is 310 g/mol. The number of halogens is 1. The van der Waals surface area contributed by atoms with Gasteiger partial charge in [-0.2, -0.15) is 0 Å². The molecule has 0 aliphatic carbocycles. The number of aromatic nitrogens is 1. The third kappa shape index (κ3) is 3.30. The van der Waals surface area contributed by atoms with Gasteiger partial charge in [0.25, 0.3) is 0 Å². The first-order chi connectivity index (χ1) is 8.31. The molecule has 4 heteroatoms. The van der Waals surface area contributed by atoms with Crippen LogP contribution < -0.4 is 5.32 Å². The first-order valence-electron chi connectivity index (χ1n) is 5.70. The summed E-state index contributed by atoms with van der Waals surface area (Å²) in [7, 11) is 0. The van der Waals surface area contributed by atoms with Gasteiger partial charge in [-0.3, -0.25) is 4.98 Å². The second-order valence-corrected chi connectivity index (χ2v) is 5.69. The zero-order valence-electron chi connectivity index (χ0n) is 9.69. The molecule has 1 N–H and O–H groups in total. The molecular formula is C13H15BrN2S. The van der Waals surface area contributed by atoms with Gasteiger partial charge in [0, 0.05) is 17.3 Å². The number of rotatable bonds is 5. The van der Waals surface area contributed by atoms with E-state index in [0.717, 1.165) is 23.0 Å². The largest absolute Gasteiger partial charge is 0.376 e. The average molecular weight is 311 g/mol. The second kappa shape index (κ2) is 6.17. The maximum Gasteiger partial charge on any atom is 0.0606 e. The summed E-state index contributed by atoms with van der Waals surface area (Å²) >= 11 is 5.32. The van der Waals surface area contributed by atoms with Crippen LogP contribution in [-0.4, -0.2) is 4.98 Å². The van der Waals surface area contributed by atoms with Crippen molar-refractivity contribution in [3.05, 3.63) is 45.3 Å². The van der Waals surface area contributed by atoms with Crippen LogP contribution in [0.25, 0.3) is 0 Å². The molecule has 0 saturated carbocycles. The summed E-state index contributed by atoms with van der Waals surface area (Å²) in [6, 6.07) is 6.68. The molecule has 2 heterocycles. The Morgan fingerprint density at radius 2 is 2.35 bits per heavy atom. The molecule has 0 aromatic carbocycles. The smallest absolute Gasteiger partial charge is 0.0606 e. The highest BCUT2D eigenvalue weighted by molar-refractivity contribution is 9.10. The highest BCUT2D eigenvalue weighted by Gasteiger charge is 2.12. The number of hydrogen-bond donors (Lipinski definition) is 1. The first kappa shape index (κ1) is 12.6. The number of hydrogen-bond acceptors (Lipinski definition) is 3. The highest BCUT2D eigenvalue weighted by Crippen LogP contribution is 2.30. The number of pyridine rings is 1. The third-order valence-electron chi connectivity index (χ3n) is 2.57. The quantitative estimate of drug-likeness (QED) is 0.853. The molecule has 1 atom stereocenters. The van der Waals surface area contributed by atoms with Crippen molar-refractivity contribution < 1.29 is 0 Å². The lowest BCUT2D eigenvalue weighted by molar-refractivity contribution is 0.687. The van der Waals surface area contributed by atoms with E-state index >= 15 is 0 Å². The highest BCUT2D eigenvalue weighted by atomic mass is 79.9. The fourth-order valence-electron chi connectivity index (χ4n) is 1.74. The van der Waals surface area contributed by atoms with Gasteiger partial charge < -0.3 is 5.32 Å². The van der Waals surface area contributed by atoms with E-state index in [1.54, 1.807) is 11.3 Å². The van der Waals surface area contributed by atoms with E-state index < -0.39 is 0 Å². The van der Waals surface area contributed by atoms with Gasteiger partial charge in [-0.15, -0.1) is 11.3 Å². The summed E-state index contributed by atoms with van der Waals surface area (Å²) in [4.78, 5) is 5.46. The lowest BCUT2D eigenvalue weighted by atomic mass is 10.1. The molecule has 90 valence electrons. The molecular weight excluding hydrogens is 296 g/mol. The Morgan fingerprint density at radius 1 is 1.47 bits per heavy atom. The van der Waals surface area contributed by atoms with Crippen molar-refractivity contribution in [2.24, 2.45) is 0 Å². The zero-order chi connectivity index (χ0) is 12.1. The molecule has 17 heavy (non-hydrogen) atoms. The Kier molecular flexibility index (Phi) is 4.57. The van der Waals surface area contributed by atoms with Crippen molar-refractivity contribution in [2.45, 2.75) is 25.8 Å². The van der Waals surface area contributed by atoms with Gasteiger partial charge in [0.05, 0.1) is 16.2 Å². The van der Waals surface area contributed by atoms with Crippen LogP contribution in [0.3, 0.4) is 0 Å². The Labute approximate surface area is 114 Å². The normalized spacial score (nSPS) is 12.4. The lowest BCUT2D eigenvalue weighted by Crippen LogP contribution is -2.09. The van der Waals surface area contributed by atoms with Crippen LogP contribution in [0, 0.1) is 0 Å². The maximum absolute atomic E-state index is 4.08. The van der Waals surface area contributed by atoms with Crippen molar-refractivity contribution >= 4 is 33.0 Å². The predicted octanol–water partition coefficient (Wildman–Crippen LogP) is 4.86. The Bertz CT molecular complexity index is 456. The van der Waals surface area contributed by atoms with Crippen molar-refractivity contribution in [3.8, 4) is 0 Å². The second-order valence-electron chi connectivity index (χ2n) is 3.86. The van der Waals surface area contributed by atoms with Crippen LogP contribution in [0.5, 0.6) is 0 Å². The van der Waals surface area contributed by atoms with Gasteiger partial charge >= 0.3 is 0 Å². The van der Waals surface area contributed by atoms with E-state index in [1.807, 2.05) is 18.5 Å². The van der Waals surface area contributed by atoms with Crippen LogP contribution in [0.15, 0.2) is 40.4 Å². The summed E-state index contributed by atoms with van der Waals surface area (Å²) in [5.41, 5.74) is 1.10. The maximum atomic E-state index is 4.08. The third-order valence-corrected chi connectivity index (χ3v) is 4.18. The Balaban J connectivity index is 2.16. The van der Waals surface area contributed by atoms with Crippen molar-refractivity contribution in [2.75, 3.05) is 5.32 Å². The summed E-state index contributed by atoms with van der Waals surface area (Å²) in [6.45, 7) is 2.21. The lowest BCUT2D eigenvalue weighted by Gasteiger charge is -2.18. The minimum absolute atomic E-state index is 0.388. The molecule has 2 rings (SSSR count). The molecule has 2 nitrogen and oxygen atoms in total. The molecule has 2 aromatic heterocycles. The zero-order valence-corrected chi connectivity index (χ0v) is 12.1. The van der Waals surface area contributed by atoms with Crippen molar-refractivity contribution in [3.63, 3.8) is 0 Å². The predicted molar refractivity (Wildman–Crippen MR) is 77.5 cm³/mol. The minimum Gasteiger partial charge on any atom is -0.376 e. The molecule has 1 unspecified atom stereocenters. The molecule has 0 radical (unpaired) electrons. The van der Waals surface area contributed by atoms with Crippen LogP contribution in [-0.2, 0) is 0 Å². The average Bonchev–Trinajstić information content (AvgIpc) is 2.85. The number of anilines is 1. The van der Waals surface area contributed by atoms with Gasteiger partial charge in [0.15, 0.2) is 0 Å². The molecule has 0 amide bonds. The molecule has 2 aromatic rings. The minimum atomic E-state index is 0.388. The number of nitrogens with one attached hydrogen (secondary N) is 1. The fourth-order valence-corrected chi connectivity index (χ4v) is 2.92. The van der Waals surface area contributed by atoms with Crippen molar-refractivity contribution in [1.29, 1.82) is 0 Å². The van der Waals surface area contributed by atoms with E-state index in [1.165, 1.54) is 4.88 Å². The molecule has 0 fully saturated rings. The molecule has 0 aliphatic rings. The van der Waals surface area contributed by atoms with Gasteiger partial charge in [-0.05, 0) is 39.9 Å². The fraction of sp³-hybridized carbons (Fsp3) is 0.308. The summed E-state index contributed by atoms with van der Waals surface area (Å²) in [6.07, 6.45) is 5.93. The van der Waals surface area contributed by atoms with E-state index in [2.05, 4.69) is 50.7 Å². The van der Waals surface area contributed by atoms with Crippen LogP contribution >= 0.6 is 27.3 Å². The SMILES string of the molecule is CCCC(Nc1ccncc1Br)c1cccs1. The van der Waals surface area contributed by atoms with E-state index in [4.69, 9.17) is 0 Å². The Morgan fingerprint density at radius 3 is 3.00 bits per heavy atom. The van der Waals surface area contributed by atoms with Crippen LogP contribution in [0.4, 0.5) is 5.69 Å². The first-order valence-corrected chi connectivity index (χ1v) is 7.38. The topological polar surface area (TPSA) is 24.9 Å². The van der Waals surface area contributed by atoms with Gasteiger partial charge in [0.1, 0.15) is 0 Å². The molecule has 0 aliphatic heterocycles. The van der Waals surface area contributed by atoms with Gasteiger partial charge in [-0.1, -0.05) is 19.4 Å². The standard InChI is InChI=1S/C13H15BrN2S/c1-2-4-12(13-5-3-8-17-13)16-11-6-7-15-9-10(11)14/h3,5-9,12H,2,4H2,1H3,(H,15,16). The van der Waals surface area contributed by atoms with E-state index in [9.17, 15) is 0 Å². The van der Waals surface area contributed by atoms with Gasteiger partial charge in [0.2, 0.25) is 0 Å². The van der Waals surface area contributed by atoms with Gasteiger partial charge in [-0.25, -0.2) is 0 Å².